The number of hydrogen-bond donors (Lipinski definition) is 1. The molecule has 1 aromatic rings. The molecule has 1 fully saturated rings. The fraction of sp³-hybridized carbons (Fsp3) is 0.588. The molecule has 0 spiro atoms. The monoisotopic (exact) mass is 329 g/mol. The van der Waals surface area contributed by atoms with Crippen molar-refractivity contribution in [2.24, 2.45) is 5.92 Å². The first-order chi connectivity index (χ1) is 10.9. The first-order valence-electron chi connectivity index (χ1n) is 7.95. The van der Waals surface area contributed by atoms with Gasteiger partial charge in [-0.25, -0.2) is 0 Å². The van der Waals surface area contributed by atoms with E-state index in [1.54, 1.807) is 11.0 Å². The first-order valence-corrected chi connectivity index (χ1v) is 7.95. The van der Waals surface area contributed by atoms with Crippen LogP contribution in [0.3, 0.4) is 0 Å². The van der Waals surface area contributed by atoms with E-state index in [1.165, 1.54) is 12.1 Å². The van der Waals surface area contributed by atoms with Gasteiger partial charge in [-0.3, -0.25) is 4.79 Å². The number of aryl methyl sites for hydroxylation is 1. The fourth-order valence-electron chi connectivity index (χ4n) is 3.16. The lowest BCUT2D eigenvalue weighted by atomic mass is 9.90. The second-order valence-electron chi connectivity index (χ2n) is 6.02. The van der Waals surface area contributed by atoms with Crippen LogP contribution in [0.4, 0.5) is 13.2 Å². The molecule has 0 saturated carbocycles. The van der Waals surface area contributed by atoms with Crippen LogP contribution in [-0.4, -0.2) is 35.6 Å². The van der Waals surface area contributed by atoms with Crippen molar-refractivity contribution < 1.29 is 23.1 Å². The molecule has 128 valence electrons. The van der Waals surface area contributed by atoms with Crippen molar-refractivity contribution >= 4 is 5.91 Å². The topological polar surface area (TPSA) is 40.5 Å². The van der Waals surface area contributed by atoms with Crippen LogP contribution in [0.25, 0.3) is 0 Å². The van der Waals surface area contributed by atoms with Gasteiger partial charge in [0.1, 0.15) is 0 Å². The van der Waals surface area contributed by atoms with Gasteiger partial charge in [0.2, 0.25) is 5.91 Å². The average molecular weight is 329 g/mol. The van der Waals surface area contributed by atoms with E-state index in [9.17, 15) is 18.0 Å². The SMILES string of the molecule is O=C(CCO)N1CCCC(CCc2ccccc2C(F)(F)F)C1. The van der Waals surface area contributed by atoms with E-state index >= 15 is 0 Å². The summed E-state index contributed by atoms with van der Waals surface area (Å²) < 4.78 is 39.0. The minimum absolute atomic E-state index is 0.0760. The van der Waals surface area contributed by atoms with Crippen molar-refractivity contribution in [1.29, 1.82) is 0 Å². The van der Waals surface area contributed by atoms with Crippen molar-refractivity contribution in [3.63, 3.8) is 0 Å². The molecule has 23 heavy (non-hydrogen) atoms. The van der Waals surface area contributed by atoms with E-state index < -0.39 is 11.7 Å². The van der Waals surface area contributed by atoms with Gasteiger partial charge in [0.05, 0.1) is 12.2 Å². The van der Waals surface area contributed by atoms with E-state index in [0.29, 0.717) is 31.5 Å². The Labute approximate surface area is 134 Å². The number of alkyl halides is 3. The normalized spacial score (nSPS) is 19.0. The summed E-state index contributed by atoms with van der Waals surface area (Å²) in [5, 5.41) is 8.84. The standard InChI is InChI=1S/C17H22F3NO2/c18-17(19,20)15-6-2-1-5-14(15)8-7-13-4-3-10-21(12-13)16(23)9-11-22/h1-2,5-6,13,22H,3-4,7-12H2. The van der Waals surface area contributed by atoms with Gasteiger partial charge in [0.25, 0.3) is 0 Å². The number of piperidine rings is 1. The van der Waals surface area contributed by atoms with Crippen LogP contribution in [0.15, 0.2) is 24.3 Å². The minimum Gasteiger partial charge on any atom is -0.396 e. The zero-order chi connectivity index (χ0) is 16.9. The number of carbonyl (C=O) groups excluding carboxylic acids is 1. The number of nitrogens with zero attached hydrogens (tertiary/aromatic N) is 1. The Morgan fingerprint density at radius 3 is 2.74 bits per heavy atom. The Bertz CT molecular complexity index is 531. The number of amides is 1. The second-order valence-corrected chi connectivity index (χ2v) is 6.02. The molecule has 1 aromatic carbocycles. The van der Waals surface area contributed by atoms with Crippen molar-refractivity contribution in [2.75, 3.05) is 19.7 Å². The van der Waals surface area contributed by atoms with Crippen molar-refractivity contribution in [2.45, 2.75) is 38.3 Å². The largest absolute Gasteiger partial charge is 0.416 e. The molecule has 0 bridgehead atoms. The van der Waals surface area contributed by atoms with Crippen LogP contribution >= 0.6 is 0 Å². The number of hydrogen-bond acceptors (Lipinski definition) is 2. The molecule has 0 radical (unpaired) electrons. The maximum atomic E-state index is 13.0. The molecule has 0 aromatic heterocycles. The lowest BCUT2D eigenvalue weighted by Gasteiger charge is -2.33. The van der Waals surface area contributed by atoms with E-state index in [2.05, 4.69) is 0 Å². The number of aliphatic hydroxyl groups excluding tert-OH is 1. The van der Waals surface area contributed by atoms with Crippen LogP contribution in [0.5, 0.6) is 0 Å². The van der Waals surface area contributed by atoms with Crippen LogP contribution in [0.2, 0.25) is 0 Å². The van der Waals surface area contributed by atoms with Gasteiger partial charge < -0.3 is 10.0 Å². The zero-order valence-electron chi connectivity index (χ0n) is 13.0. The molecule has 1 N–H and O–H groups in total. The van der Waals surface area contributed by atoms with Gasteiger partial charge >= 0.3 is 6.18 Å². The zero-order valence-corrected chi connectivity index (χ0v) is 13.0. The summed E-state index contributed by atoms with van der Waals surface area (Å²) in [5.41, 5.74) is -0.247. The maximum Gasteiger partial charge on any atom is 0.416 e. The lowest BCUT2D eigenvalue weighted by Crippen LogP contribution is -2.40. The third-order valence-electron chi connectivity index (χ3n) is 4.34. The van der Waals surface area contributed by atoms with E-state index in [4.69, 9.17) is 5.11 Å². The van der Waals surface area contributed by atoms with Gasteiger partial charge in [-0.05, 0) is 43.2 Å². The summed E-state index contributed by atoms with van der Waals surface area (Å²) in [6.07, 6.45) is -1.42. The Morgan fingerprint density at radius 2 is 2.04 bits per heavy atom. The smallest absolute Gasteiger partial charge is 0.396 e. The maximum absolute atomic E-state index is 13.0. The Hall–Kier alpha value is -1.56. The summed E-state index contributed by atoms with van der Waals surface area (Å²) in [6.45, 7) is 1.08. The molecule has 2 rings (SSSR count). The number of benzene rings is 1. The molecule has 1 aliphatic heterocycles. The highest BCUT2D eigenvalue weighted by atomic mass is 19.4. The van der Waals surface area contributed by atoms with E-state index in [-0.39, 0.29) is 24.9 Å². The van der Waals surface area contributed by atoms with E-state index in [1.807, 2.05) is 0 Å². The Morgan fingerprint density at radius 1 is 1.30 bits per heavy atom. The molecule has 1 amide bonds. The molecule has 3 nitrogen and oxygen atoms in total. The lowest BCUT2D eigenvalue weighted by molar-refractivity contribution is -0.138. The highest BCUT2D eigenvalue weighted by molar-refractivity contribution is 5.76. The third kappa shape index (κ3) is 4.96. The van der Waals surface area contributed by atoms with Crippen LogP contribution in [0, 0.1) is 5.92 Å². The van der Waals surface area contributed by atoms with Crippen molar-refractivity contribution in [3.05, 3.63) is 35.4 Å². The summed E-state index contributed by atoms with van der Waals surface area (Å²) in [5.74, 6) is 0.139. The second kappa shape index (κ2) is 7.81. The highest BCUT2D eigenvalue weighted by Crippen LogP contribution is 2.33. The van der Waals surface area contributed by atoms with Gasteiger partial charge in [-0.2, -0.15) is 13.2 Å². The van der Waals surface area contributed by atoms with Gasteiger partial charge in [0, 0.05) is 19.5 Å². The summed E-state index contributed by atoms with van der Waals surface area (Å²) >= 11 is 0. The van der Waals surface area contributed by atoms with E-state index in [0.717, 1.165) is 18.9 Å². The minimum atomic E-state index is -4.33. The number of carbonyl (C=O) groups is 1. The van der Waals surface area contributed by atoms with Gasteiger partial charge in [0.15, 0.2) is 0 Å². The van der Waals surface area contributed by atoms with Crippen molar-refractivity contribution in [3.8, 4) is 0 Å². The fourth-order valence-corrected chi connectivity index (χ4v) is 3.16. The molecular formula is C17H22F3NO2. The summed E-state index contributed by atoms with van der Waals surface area (Å²) in [6, 6.07) is 5.68. The predicted molar refractivity (Wildman–Crippen MR) is 80.8 cm³/mol. The van der Waals surface area contributed by atoms with Crippen LogP contribution < -0.4 is 0 Å². The van der Waals surface area contributed by atoms with Crippen LogP contribution in [0.1, 0.15) is 36.8 Å². The summed E-state index contributed by atoms with van der Waals surface area (Å²) in [4.78, 5) is 13.5. The molecule has 1 atom stereocenters. The van der Waals surface area contributed by atoms with Crippen LogP contribution in [-0.2, 0) is 17.4 Å². The first kappa shape index (κ1) is 17.8. The highest BCUT2D eigenvalue weighted by Gasteiger charge is 2.33. The molecule has 1 aliphatic rings. The molecular weight excluding hydrogens is 307 g/mol. The summed E-state index contributed by atoms with van der Waals surface area (Å²) in [7, 11) is 0. The van der Waals surface area contributed by atoms with Gasteiger partial charge in [-0.1, -0.05) is 18.2 Å². The number of likely N-dealkylation sites (tertiary alicyclic amines) is 1. The Balaban J connectivity index is 1.95. The molecule has 0 aliphatic carbocycles. The quantitative estimate of drug-likeness (QED) is 0.901. The number of aliphatic hydroxyl groups is 1. The molecule has 1 heterocycles. The van der Waals surface area contributed by atoms with Crippen molar-refractivity contribution in [1.82, 2.24) is 4.90 Å². The predicted octanol–water partition coefficient (Wildman–Crippen LogP) is 3.26. The van der Waals surface area contributed by atoms with Gasteiger partial charge in [-0.15, -0.1) is 0 Å². The number of halogens is 3. The Kier molecular flexibility index (Phi) is 6.04. The third-order valence-corrected chi connectivity index (χ3v) is 4.34. The number of rotatable bonds is 5. The average Bonchev–Trinajstić information content (AvgIpc) is 2.53. The molecule has 6 heteroatoms. The molecule has 1 saturated heterocycles. The molecule has 1 unspecified atom stereocenters.